The van der Waals surface area contributed by atoms with E-state index in [1.807, 2.05) is 6.92 Å². The molecule has 1 aliphatic rings. The lowest BCUT2D eigenvalue weighted by atomic mass is 9.88. The third-order valence-corrected chi connectivity index (χ3v) is 3.70. The second-order valence-electron chi connectivity index (χ2n) is 5.12. The van der Waals surface area contributed by atoms with Crippen LogP contribution in [0.4, 0.5) is 0 Å². The molecule has 5 heteroatoms. The summed E-state index contributed by atoms with van der Waals surface area (Å²) in [6.45, 7) is 2.05. The molecule has 1 saturated carbocycles. The van der Waals surface area contributed by atoms with Gasteiger partial charge >= 0.3 is 0 Å². The first-order valence-electron chi connectivity index (χ1n) is 6.64. The Morgan fingerprint density at radius 2 is 2.16 bits per heavy atom. The molecule has 19 heavy (non-hydrogen) atoms. The van der Waals surface area contributed by atoms with Crippen LogP contribution in [0.15, 0.2) is 12.3 Å². The summed E-state index contributed by atoms with van der Waals surface area (Å²) in [5.41, 5.74) is 6.52. The van der Waals surface area contributed by atoms with Gasteiger partial charge < -0.3 is 15.6 Å². The third kappa shape index (κ3) is 3.23. The highest BCUT2D eigenvalue weighted by Gasteiger charge is 2.24. The molecule has 1 amide bonds. The Morgan fingerprint density at radius 3 is 2.74 bits per heavy atom. The Morgan fingerprint density at radius 1 is 1.47 bits per heavy atom. The SMILES string of the molecule is Cc1ccnc(OC2CCC(CO)CC2)c1C(N)=O. The van der Waals surface area contributed by atoms with Crippen molar-refractivity contribution < 1.29 is 14.6 Å². The van der Waals surface area contributed by atoms with Crippen LogP contribution in [-0.4, -0.2) is 28.7 Å². The van der Waals surface area contributed by atoms with Gasteiger partial charge in [-0.2, -0.15) is 0 Å². The first kappa shape index (κ1) is 13.8. The Balaban J connectivity index is 2.08. The summed E-state index contributed by atoms with van der Waals surface area (Å²) in [5, 5.41) is 9.11. The first-order chi connectivity index (χ1) is 9.11. The Hall–Kier alpha value is -1.62. The molecule has 1 aliphatic carbocycles. The normalized spacial score (nSPS) is 23.1. The van der Waals surface area contributed by atoms with Gasteiger partial charge in [0.15, 0.2) is 0 Å². The lowest BCUT2D eigenvalue weighted by molar-refractivity contribution is 0.0933. The average molecular weight is 264 g/mol. The molecular formula is C14H20N2O3. The van der Waals surface area contributed by atoms with Gasteiger partial charge in [-0.15, -0.1) is 0 Å². The number of amides is 1. The van der Waals surface area contributed by atoms with Gasteiger partial charge in [0.2, 0.25) is 5.88 Å². The number of rotatable bonds is 4. The van der Waals surface area contributed by atoms with E-state index in [0.717, 1.165) is 31.2 Å². The number of hydrogen-bond acceptors (Lipinski definition) is 4. The topological polar surface area (TPSA) is 85.4 Å². The van der Waals surface area contributed by atoms with E-state index in [9.17, 15) is 4.79 Å². The number of carbonyl (C=O) groups is 1. The van der Waals surface area contributed by atoms with Crippen molar-refractivity contribution in [2.24, 2.45) is 11.7 Å². The monoisotopic (exact) mass is 264 g/mol. The standard InChI is InChI=1S/C14H20N2O3/c1-9-6-7-16-14(12(9)13(15)18)19-11-4-2-10(8-17)3-5-11/h6-7,10-11,17H,2-5,8H2,1H3,(H2,15,18). The van der Waals surface area contributed by atoms with Crippen LogP contribution in [0.3, 0.4) is 0 Å². The lowest BCUT2D eigenvalue weighted by Crippen LogP contribution is -2.27. The molecule has 1 aromatic rings. The number of aliphatic hydroxyl groups excluding tert-OH is 1. The van der Waals surface area contributed by atoms with Gasteiger partial charge in [-0.3, -0.25) is 4.79 Å². The van der Waals surface area contributed by atoms with Crippen LogP contribution in [0.25, 0.3) is 0 Å². The van der Waals surface area contributed by atoms with Crippen LogP contribution in [0.2, 0.25) is 0 Å². The van der Waals surface area contributed by atoms with Crippen molar-refractivity contribution in [2.45, 2.75) is 38.7 Å². The van der Waals surface area contributed by atoms with Crippen molar-refractivity contribution in [3.05, 3.63) is 23.4 Å². The van der Waals surface area contributed by atoms with E-state index in [1.54, 1.807) is 12.3 Å². The Kier molecular flexibility index (Phi) is 4.37. The molecule has 104 valence electrons. The molecule has 0 bridgehead atoms. The van der Waals surface area contributed by atoms with Crippen molar-refractivity contribution in [2.75, 3.05) is 6.61 Å². The maximum absolute atomic E-state index is 11.5. The maximum Gasteiger partial charge on any atom is 0.254 e. The minimum Gasteiger partial charge on any atom is -0.474 e. The minimum atomic E-state index is -0.510. The molecule has 3 N–H and O–H groups in total. The Bertz CT molecular complexity index is 454. The number of nitrogens with zero attached hydrogens (tertiary/aromatic N) is 1. The smallest absolute Gasteiger partial charge is 0.254 e. The van der Waals surface area contributed by atoms with Crippen LogP contribution in [-0.2, 0) is 0 Å². The fourth-order valence-electron chi connectivity index (χ4n) is 2.51. The van der Waals surface area contributed by atoms with E-state index in [-0.39, 0.29) is 12.7 Å². The second-order valence-corrected chi connectivity index (χ2v) is 5.12. The summed E-state index contributed by atoms with van der Waals surface area (Å²) in [6.07, 6.45) is 5.31. The molecule has 1 fully saturated rings. The summed E-state index contributed by atoms with van der Waals surface area (Å²) in [7, 11) is 0. The lowest BCUT2D eigenvalue weighted by Gasteiger charge is -2.28. The fraction of sp³-hybridized carbons (Fsp3) is 0.571. The average Bonchev–Trinajstić information content (AvgIpc) is 2.39. The number of pyridine rings is 1. The highest BCUT2D eigenvalue weighted by atomic mass is 16.5. The molecule has 0 aromatic carbocycles. The molecule has 2 rings (SSSR count). The molecule has 0 unspecified atom stereocenters. The molecule has 0 atom stereocenters. The summed E-state index contributed by atoms with van der Waals surface area (Å²) in [6, 6.07) is 1.75. The largest absolute Gasteiger partial charge is 0.474 e. The van der Waals surface area contributed by atoms with Crippen LogP contribution < -0.4 is 10.5 Å². The molecule has 5 nitrogen and oxygen atoms in total. The summed E-state index contributed by atoms with van der Waals surface area (Å²) >= 11 is 0. The first-order valence-corrected chi connectivity index (χ1v) is 6.64. The van der Waals surface area contributed by atoms with E-state index in [2.05, 4.69) is 4.98 Å². The number of carbonyl (C=O) groups excluding carboxylic acids is 1. The van der Waals surface area contributed by atoms with E-state index >= 15 is 0 Å². The van der Waals surface area contributed by atoms with E-state index in [0.29, 0.717) is 17.4 Å². The van der Waals surface area contributed by atoms with Gasteiger partial charge in [-0.25, -0.2) is 4.98 Å². The summed E-state index contributed by atoms with van der Waals surface area (Å²) in [4.78, 5) is 15.6. The number of ether oxygens (including phenoxy) is 1. The predicted molar refractivity (Wildman–Crippen MR) is 71.0 cm³/mol. The van der Waals surface area contributed by atoms with Crippen LogP contribution in [0, 0.1) is 12.8 Å². The van der Waals surface area contributed by atoms with Crippen molar-refractivity contribution in [1.82, 2.24) is 4.98 Å². The maximum atomic E-state index is 11.5. The number of primary amides is 1. The van der Waals surface area contributed by atoms with Crippen molar-refractivity contribution in [3.63, 3.8) is 0 Å². The predicted octanol–water partition coefficient (Wildman–Crippen LogP) is 1.42. The number of aromatic nitrogens is 1. The molecule has 1 heterocycles. The molecule has 1 aromatic heterocycles. The van der Waals surface area contributed by atoms with Gasteiger partial charge in [0.05, 0.1) is 0 Å². The molecule has 0 spiro atoms. The van der Waals surface area contributed by atoms with Crippen molar-refractivity contribution in [3.8, 4) is 5.88 Å². The van der Waals surface area contributed by atoms with Crippen molar-refractivity contribution in [1.29, 1.82) is 0 Å². The van der Waals surface area contributed by atoms with E-state index in [1.165, 1.54) is 0 Å². The van der Waals surface area contributed by atoms with Gasteiger partial charge in [-0.05, 0) is 50.2 Å². The molecule has 0 saturated heterocycles. The zero-order valence-corrected chi connectivity index (χ0v) is 11.1. The quantitative estimate of drug-likeness (QED) is 0.861. The second kappa shape index (κ2) is 6.02. The van der Waals surface area contributed by atoms with Gasteiger partial charge in [0, 0.05) is 12.8 Å². The fourth-order valence-corrected chi connectivity index (χ4v) is 2.51. The Labute approximate surface area is 112 Å². The highest BCUT2D eigenvalue weighted by molar-refractivity contribution is 5.96. The highest BCUT2D eigenvalue weighted by Crippen LogP contribution is 2.28. The molecule has 0 radical (unpaired) electrons. The van der Waals surface area contributed by atoms with Crippen LogP contribution in [0.1, 0.15) is 41.6 Å². The van der Waals surface area contributed by atoms with Crippen molar-refractivity contribution >= 4 is 5.91 Å². The molecular weight excluding hydrogens is 244 g/mol. The number of hydrogen-bond donors (Lipinski definition) is 2. The summed E-state index contributed by atoms with van der Waals surface area (Å²) in [5.74, 6) is 0.200. The van der Waals surface area contributed by atoms with E-state index in [4.69, 9.17) is 15.6 Å². The zero-order chi connectivity index (χ0) is 13.8. The number of nitrogens with two attached hydrogens (primary N) is 1. The summed E-state index contributed by atoms with van der Waals surface area (Å²) < 4.78 is 5.83. The van der Waals surface area contributed by atoms with Crippen LogP contribution >= 0.6 is 0 Å². The van der Waals surface area contributed by atoms with Gasteiger partial charge in [0.25, 0.3) is 5.91 Å². The number of aliphatic hydroxyl groups is 1. The van der Waals surface area contributed by atoms with Crippen LogP contribution in [0.5, 0.6) is 5.88 Å². The number of aryl methyl sites for hydroxylation is 1. The minimum absolute atomic E-state index is 0.0511. The van der Waals surface area contributed by atoms with Gasteiger partial charge in [0.1, 0.15) is 11.7 Å². The van der Waals surface area contributed by atoms with Gasteiger partial charge in [-0.1, -0.05) is 0 Å². The zero-order valence-electron chi connectivity index (χ0n) is 11.1. The molecule has 0 aliphatic heterocycles. The van der Waals surface area contributed by atoms with E-state index < -0.39 is 5.91 Å². The third-order valence-electron chi connectivity index (χ3n) is 3.70.